The Kier molecular flexibility index (Phi) is 22.8. The molecule has 0 aliphatic rings. The summed E-state index contributed by atoms with van der Waals surface area (Å²) in [4.78, 5) is 21.7. The van der Waals surface area contributed by atoms with Crippen molar-refractivity contribution in [2.45, 2.75) is 104 Å². The summed E-state index contributed by atoms with van der Waals surface area (Å²) in [5.74, 6) is -0.905. The van der Waals surface area contributed by atoms with E-state index in [1.165, 1.54) is 71.1 Å². The summed E-state index contributed by atoms with van der Waals surface area (Å²) in [5.41, 5.74) is 0. The van der Waals surface area contributed by atoms with Crippen LogP contribution in [0.3, 0.4) is 0 Å². The van der Waals surface area contributed by atoms with Crippen LogP contribution in [-0.4, -0.2) is 41.5 Å². The summed E-state index contributed by atoms with van der Waals surface area (Å²) in [5, 5.41) is 0. The Hall–Kier alpha value is -0.120. The molecule has 0 aromatic heterocycles. The predicted molar refractivity (Wildman–Crippen MR) is 103 cm³/mol. The molecule has 0 radical (unpaired) electrons. The second kappa shape index (κ2) is 20.9. The molecule has 0 fully saturated rings. The van der Waals surface area contributed by atoms with Crippen molar-refractivity contribution >= 4 is 41.5 Å². The summed E-state index contributed by atoms with van der Waals surface area (Å²) in [6, 6.07) is 0. The van der Waals surface area contributed by atoms with Gasteiger partial charge in [0.15, 0.2) is 0 Å². The van der Waals surface area contributed by atoms with E-state index in [1.54, 1.807) is 0 Å². The summed E-state index contributed by atoms with van der Waals surface area (Å²) in [7, 11) is 0. The van der Waals surface area contributed by atoms with Gasteiger partial charge < -0.3 is 4.74 Å². The van der Waals surface area contributed by atoms with E-state index in [-0.39, 0.29) is 29.6 Å². The molecule has 0 unspecified atom stereocenters. The number of rotatable bonds is 15. The molecule has 0 N–H and O–H groups in total. The Morgan fingerprint density at radius 3 is 1.71 bits per heavy atom. The molecule has 0 aromatic rings. The third-order valence-corrected chi connectivity index (χ3v) is 3.90. The molecular formula is C20H37NaO3. The summed E-state index contributed by atoms with van der Waals surface area (Å²) in [6.45, 7) is 3.52. The van der Waals surface area contributed by atoms with Crippen LogP contribution in [0, 0.1) is 0 Å². The van der Waals surface area contributed by atoms with Crippen LogP contribution < -0.4 is 0 Å². The van der Waals surface area contributed by atoms with Crippen LogP contribution in [0.4, 0.5) is 0 Å². The van der Waals surface area contributed by atoms with Gasteiger partial charge in [-0.15, -0.1) is 0 Å². The zero-order valence-electron chi connectivity index (χ0n) is 15.3. The molecule has 0 saturated carbocycles. The molecule has 4 heteroatoms. The summed E-state index contributed by atoms with van der Waals surface area (Å²) < 4.78 is 4.48. The number of unbranched alkanes of at least 4 members (excludes halogenated alkanes) is 11. The van der Waals surface area contributed by atoms with Crippen molar-refractivity contribution in [2.24, 2.45) is 0 Å². The molecule has 3 nitrogen and oxygen atoms in total. The number of carbonyl (C=O) groups excluding carboxylic acids is 2. The molecule has 0 amide bonds. The molecule has 0 bridgehead atoms. The normalized spacial score (nSPS) is 10.6. The van der Waals surface area contributed by atoms with Gasteiger partial charge in [0.2, 0.25) is 0 Å². The fourth-order valence-electron chi connectivity index (χ4n) is 2.55. The van der Waals surface area contributed by atoms with Gasteiger partial charge in [0.25, 0.3) is 0 Å². The van der Waals surface area contributed by atoms with Gasteiger partial charge in [-0.25, -0.2) is 0 Å². The van der Waals surface area contributed by atoms with E-state index in [1.807, 2.05) is 0 Å². The van der Waals surface area contributed by atoms with Gasteiger partial charge in [-0.3, -0.25) is 9.59 Å². The van der Waals surface area contributed by atoms with Gasteiger partial charge in [-0.2, -0.15) is 0 Å². The maximum atomic E-state index is 11.1. The first-order valence-corrected chi connectivity index (χ1v) is 9.53. The van der Waals surface area contributed by atoms with Crippen LogP contribution in [-0.2, 0) is 14.3 Å². The van der Waals surface area contributed by atoms with Crippen molar-refractivity contribution in [3.63, 3.8) is 0 Å². The van der Waals surface area contributed by atoms with E-state index in [4.69, 9.17) is 0 Å². The van der Waals surface area contributed by atoms with Crippen LogP contribution in [0.2, 0.25) is 0 Å². The number of ether oxygens (including phenoxy) is 1. The van der Waals surface area contributed by atoms with Crippen LogP contribution in [0.25, 0.3) is 0 Å². The summed E-state index contributed by atoms with van der Waals surface area (Å²) >= 11 is 0. The monoisotopic (exact) mass is 348 g/mol. The second-order valence-electron chi connectivity index (χ2n) is 6.30. The van der Waals surface area contributed by atoms with Crippen molar-refractivity contribution in [1.29, 1.82) is 0 Å². The minimum absolute atomic E-state index is 0. The van der Waals surface area contributed by atoms with Crippen LogP contribution in [0.1, 0.15) is 104 Å². The number of hydrogen-bond donors (Lipinski definition) is 0. The van der Waals surface area contributed by atoms with Crippen molar-refractivity contribution in [1.82, 2.24) is 0 Å². The molecule has 0 aliphatic heterocycles. The average molecular weight is 349 g/mol. The molecule has 0 rings (SSSR count). The first kappa shape index (κ1) is 26.1. The Labute approximate surface area is 171 Å². The van der Waals surface area contributed by atoms with Crippen molar-refractivity contribution < 1.29 is 14.3 Å². The van der Waals surface area contributed by atoms with Crippen molar-refractivity contribution in [3.8, 4) is 0 Å². The molecule has 0 spiro atoms. The van der Waals surface area contributed by atoms with Gasteiger partial charge in [-0.1, -0.05) is 70.4 Å². The van der Waals surface area contributed by atoms with Gasteiger partial charge in [0, 0.05) is 13.3 Å². The second-order valence-corrected chi connectivity index (χ2v) is 6.30. The van der Waals surface area contributed by atoms with E-state index >= 15 is 0 Å². The zero-order valence-corrected chi connectivity index (χ0v) is 15.3. The third kappa shape index (κ3) is 21.9. The first-order chi connectivity index (χ1) is 11.2. The number of allylic oxidation sites excluding steroid dienone is 2. The van der Waals surface area contributed by atoms with Crippen molar-refractivity contribution in [3.05, 3.63) is 12.2 Å². The maximum absolute atomic E-state index is 11.1. The standard InChI is InChI=1S/C20H36O3.Na.H/c1-3-4-5-6-7-8-9-10-11-12-13-14-15-16-17-18-20(22)23-19(2)21;;/h10-11H,3-9,12-18H2,1-2H3;;/b11-10-;;. The van der Waals surface area contributed by atoms with Gasteiger partial charge in [0.1, 0.15) is 0 Å². The third-order valence-electron chi connectivity index (χ3n) is 3.90. The molecule has 0 aromatic carbocycles. The summed E-state index contributed by atoms with van der Waals surface area (Å²) in [6.07, 6.45) is 21.0. The Balaban J connectivity index is 0. The van der Waals surface area contributed by atoms with Crippen molar-refractivity contribution in [2.75, 3.05) is 0 Å². The van der Waals surface area contributed by atoms with Crippen LogP contribution in [0.5, 0.6) is 0 Å². The zero-order chi connectivity index (χ0) is 17.2. The fourth-order valence-corrected chi connectivity index (χ4v) is 2.55. The molecule has 24 heavy (non-hydrogen) atoms. The number of esters is 2. The molecule has 0 heterocycles. The number of carbonyl (C=O) groups is 2. The van der Waals surface area contributed by atoms with E-state index in [2.05, 4.69) is 23.8 Å². The van der Waals surface area contributed by atoms with E-state index in [9.17, 15) is 9.59 Å². The van der Waals surface area contributed by atoms with Gasteiger partial charge >= 0.3 is 41.5 Å². The SMILES string of the molecule is CCCCCCCC/C=C\CCCCCCCC(=O)OC(C)=O.[NaH]. The number of hydrogen-bond acceptors (Lipinski definition) is 3. The Morgan fingerprint density at radius 1 is 0.750 bits per heavy atom. The van der Waals surface area contributed by atoms with Gasteiger partial charge in [-0.05, 0) is 32.1 Å². The molecule has 0 atom stereocenters. The minimum atomic E-state index is -0.511. The Morgan fingerprint density at radius 2 is 1.21 bits per heavy atom. The van der Waals surface area contributed by atoms with Crippen LogP contribution >= 0.6 is 0 Å². The topological polar surface area (TPSA) is 43.4 Å². The quantitative estimate of drug-likeness (QED) is 0.130. The fraction of sp³-hybridized carbons (Fsp3) is 0.800. The van der Waals surface area contributed by atoms with E-state index < -0.39 is 11.9 Å². The predicted octanol–water partition coefficient (Wildman–Crippen LogP) is 5.47. The van der Waals surface area contributed by atoms with Crippen LogP contribution in [0.15, 0.2) is 12.2 Å². The van der Waals surface area contributed by atoms with Gasteiger partial charge in [0.05, 0.1) is 0 Å². The molecule has 136 valence electrons. The average Bonchev–Trinajstić information content (AvgIpc) is 2.50. The Bertz CT molecular complexity index is 327. The molecular weight excluding hydrogens is 311 g/mol. The molecule has 0 saturated heterocycles. The van der Waals surface area contributed by atoms with E-state index in [0.29, 0.717) is 6.42 Å². The van der Waals surface area contributed by atoms with E-state index in [0.717, 1.165) is 19.3 Å². The molecule has 0 aliphatic carbocycles. The first-order valence-electron chi connectivity index (χ1n) is 9.53.